The maximum atomic E-state index is 15.1. The van der Waals surface area contributed by atoms with Crippen molar-refractivity contribution in [3.05, 3.63) is 98.6 Å². The number of nitrogens with zero attached hydrogens (tertiary/aromatic N) is 7. The number of H-pyrrole nitrogens is 1. The number of carbonyl (C=O) groups is 2. The molecule has 6 heterocycles. The molecule has 12 nitrogen and oxygen atoms in total. The van der Waals surface area contributed by atoms with Crippen LogP contribution in [0.15, 0.2) is 42.5 Å². The minimum absolute atomic E-state index is 0.132. The Morgan fingerprint density at radius 2 is 1.27 bits per heavy atom. The van der Waals surface area contributed by atoms with Crippen LogP contribution in [0.1, 0.15) is 110 Å². The largest absolute Gasteiger partial charge is 0.416 e. The van der Waals surface area contributed by atoms with Gasteiger partial charge in [0.15, 0.2) is 11.4 Å². The highest BCUT2D eigenvalue weighted by atomic mass is 19.4. The third-order valence-corrected chi connectivity index (χ3v) is 13.3. The van der Waals surface area contributed by atoms with Gasteiger partial charge in [-0.3, -0.25) is 24.5 Å². The zero-order valence-corrected chi connectivity index (χ0v) is 35.7. The van der Waals surface area contributed by atoms with E-state index in [1.165, 1.54) is 22.9 Å². The molecule has 0 unspecified atom stereocenters. The first-order valence-corrected chi connectivity index (χ1v) is 21.8. The number of benzene rings is 2. The fraction of sp³-hybridized carbons (Fsp3) is 0.556. The van der Waals surface area contributed by atoms with Crippen LogP contribution in [-0.4, -0.2) is 131 Å². The number of ether oxygens (including phenoxy) is 2. The van der Waals surface area contributed by atoms with Gasteiger partial charge in [-0.15, -0.1) is 0 Å². The van der Waals surface area contributed by atoms with Gasteiger partial charge in [0.05, 0.1) is 35.7 Å². The van der Waals surface area contributed by atoms with Crippen molar-refractivity contribution in [2.75, 3.05) is 79.8 Å². The summed E-state index contributed by atoms with van der Waals surface area (Å²) in [5, 5.41) is 12.2. The molecule has 2 amide bonds. The Morgan fingerprint density at radius 3 is 1.89 bits per heavy atom. The van der Waals surface area contributed by atoms with Crippen molar-refractivity contribution in [1.29, 1.82) is 0 Å². The minimum Gasteiger partial charge on any atom is -0.383 e. The van der Waals surface area contributed by atoms with Crippen LogP contribution in [0.2, 0.25) is 0 Å². The van der Waals surface area contributed by atoms with Crippen molar-refractivity contribution < 1.29 is 45.4 Å². The number of amides is 2. The van der Waals surface area contributed by atoms with E-state index in [1.54, 1.807) is 36.2 Å². The molecule has 2 aromatic heterocycles. The molecule has 0 saturated carbocycles. The van der Waals surface area contributed by atoms with Crippen LogP contribution in [-0.2, 0) is 47.8 Å². The molecule has 340 valence electrons. The Kier molecular flexibility index (Phi) is 13.3. The van der Waals surface area contributed by atoms with Crippen LogP contribution in [0.3, 0.4) is 0 Å². The summed E-state index contributed by atoms with van der Waals surface area (Å²) in [6.45, 7) is 5.65. The predicted molar refractivity (Wildman–Crippen MR) is 221 cm³/mol. The van der Waals surface area contributed by atoms with E-state index in [9.17, 15) is 22.8 Å². The lowest BCUT2D eigenvalue weighted by atomic mass is 9.86. The predicted octanol–water partition coefficient (Wildman–Crippen LogP) is 7.07. The van der Waals surface area contributed by atoms with Crippen LogP contribution in [0.25, 0.3) is 5.69 Å². The molecule has 0 spiro atoms. The Morgan fingerprint density at radius 1 is 0.698 bits per heavy atom. The van der Waals surface area contributed by atoms with Crippen LogP contribution in [0.5, 0.6) is 0 Å². The van der Waals surface area contributed by atoms with Gasteiger partial charge < -0.3 is 19.3 Å². The quantitative estimate of drug-likeness (QED) is 0.159. The smallest absolute Gasteiger partial charge is 0.383 e. The molecule has 2 saturated heterocycles. The summed E-state index contributed by atoms with van der Waals surface area (Å²) >= 11 is 0. The first-order chi connectivity index (χ1) is 30.2. The monoisotopic (exact) mass is 884 g/mol. The molecule has 0 bridgehead atoms. The molecule has 0 radical (unpaired) electrons. The number of fused-ring (bicyclic) bond motifs is 2. The number of hydrogen-bond donors (Lipinski definition) is 1. The van der Waals surface area contributed by atoms with Crippen molar-refractivity contribution >= 4 is 11.8 Å². The average molecular weight is 885 g/mol. The molecule has 63 heavy (non-hydrogen) atoms. The van der Waals surface area contributed by atoms with Gasteiger partial charge >= 0.3 is 12.4 Å². The summed E-state index contributed by atoms with van der Waals surface area (Å²) in [6, 6.07) is 9.78. The third kappa shape index (κ3) is 9.54. The second-order valence-corrected chi connectivity index (χ2v) is 17.1. The summed E-state index contributed by atoms with van der Waals surface area (Å²) < 4.78 is 98.8. The number of rotatable bonds is 11. The highest BCUT2D eigenvalue weighted by Gasteiger charge is 2.40. The maximum absolute atomic E-state index is 15.1. The molecular formula is C45H54F6N8O4. The molecule has 0 atom stereocenters. The minimum atomic E-state index is -4.70. The van der Waals surface area contributed by atoms with Gasteiger partial charge in [0.1, 0.15) is 0 Å². The van der Waals surface area contributed by atoms with Crippen molar-refractivity contribution in [2.45, 2.75) is 82.2 Å². The van der Waals surface area contributed by atoms with Gasteiger partial charge in [-0.25, -0.2) is 4.68 Å². The molecule has 18 heteroatoms. The van der Waals surface area contributed by atoms with Gasteiger partial charge in [0.25, 0.3) is 11.8 Å². The molecule has 2 aromatic carbocycles. The van der Waals surface area contributed by atoms with Crippen molar-refractivity contribution in [3.63, 3.8) is 0 Å². The first kappa shape index (κ1) is 44.8. The number of halogens is 6. The lowest BCUT2D eigenvalue weighted by molar-refractivity contribution is -0.139. The highest BCUT2D eigenvalue weighted by Crippen LogP contribution is 2.42. The SMILES string of the molecule is COCCN1CCCc2[nH]nc(C(=O)N3CCC(c4ccc(-n5nc(C(=O)N6CCC(c7ccccc7C(F)(F)F)CC6)c6c5CCN(CCOC)C6)cc4C(F)(F)F)CC3)c2C1. The number of aromatic amines is 1. The molecule has 4 aromatic rings. The topological polar surface area (TPSA) is 112 Å². The molecule has 2 fully saturated rings. The van der Waals surface area contributed by atoms with Gasteiger partial charge in [-0.05, 0) is 86.2 Å². The molecule has 4 aliphatic heterocycles. The summed E-state index contributed by atoms with van der Waals surface area (Å²) in [4.78, 5) is 35.7. The summed E-state index contributed by atoms with van der Waals surface area (Å²) in [5.41, 5.74) is 2.67. The van der Waals surface area contributed by atoms with Crippen molar-refractivity contribution in [3.8, 4) is 5.69 Å². The van der Waals surface area contributed by atoms with Gasteiger partial charge in [0, 0.05) is 96.4 Å². The van der Waals surface area contributed by atoms with Gasteiger partial charge in [-0.1, -0.05) is 24.3 Å². The highest BCUT2D eigenvalue weighted by molar-refractivity contribution is 5.95. The summed E-state index contributed by atoms with van der Waals surface area (Å²) in [5.74, 6) is -1.47. The second-order valence-electron chi connectivity index (χ2n) is 17.1. The Hall–Kier alpha value is -4.78. The molecule has 1 N–H and O–H groups in total. The summed E-state index contributed by atoms with van der Waals surface area (Å²) in [6.07, 6.45) is -5.75. The van der Waals surface area contributed by atoms with E-state index in [0.29, 0.717) is 88.4 Å². The van der Waals surface area contributed by atoms with E-state index in [-0.39, 0.29) is 60.5 Å². The lowest BCUT2D eigenvalue weighted by Crippen LogP contribution is -2.39. The van der Waals surface area contributed by atoms with E-state index in [1.807, 2.05) is 0 Å². The van der Waals surface area contributed by atoms with Crippen LogP contribution in [0, 0.1) is 0 Å². The number of methoxy groups -OCH3 is 2. The van der Waals surface area contributed by atoms with E-state index in [2.05, 4.69) is 20.0 Å². The van der Waals surface area contributed by atoms with Crippen LogP contribution >= 0.6 is 0 Å². The molecule has 0 aliphatic carbocycles. The van der Waals surface area contributed by atoms with Crippen LogP contribution in [0.4, 0.5) is 26.3 Å². The van der Waals surface area contributed by atoms with E-state index in [4.69, 9.17) is 14.6 Å². The van der Waals surface area contributed by atoms with Crippen LogP contribution < -0.4 is 0 Å². The summed E-state index contributed by atoms with van der Waals surface area (Å²) in [7, 11) is 3.25. The number of alkyl halides is 6. The van der Waals surface area contributed by atoms with E-state index >= 15 is 13.2 Å². The zero-order chi connectivity index (χ0) is 44.5. The number of likely N-dealkylation sites (tertiary alicyclic amines) is 2. The number of aromatic nitrogens is 4. The van der Waals surface area contributed by atoms with Gasteiger partial charge in [0.2, 0.25) is 0 Å². The number of hydrogen-bond acceptors (Lipinski definition) is 8. The number of nitrogens with one attached hydrogen (secondary N) is 1. The normalized spacial score (nSPS) is 18.7. The number of piperidine rings is 2. The number of aryl methyl sites for hydroxylation is 1. The molecule has 4 aliphatic rings. The standard InChI is InChI=1S/C45H54F6N8O4/c1-62-24-22-55-16-5-8-38-34(27-55)40(53-52-38)42(60)57-18-13-30(14-19-57)33-10-9-31(26-37(33)45(49,50)51)59-39-15-17-56(23-25-63-2)28-35(39)41(54-59)43(61)58-20-11-29(12-21-58)32-6-3-4-7-36(32)44(46,47)48/h3-4,6-7,9-10,26,29-30H,5,8,11-25,27-28H2,1-2H3,(H,52,53). The average Bonchev–Trinajstić information content (AvgIpc) is 3.80. The number of carbonyl (C=O) groups excluding carboxylic acids is 2. The molecular weight excluding hydrogens is 831 g/mol. The fourth-order valence-corrected chi connectivity index (χ4v) is 9.90. The lowest BCUT2D eigenvalue weighted by Gasteiger charge is -2.33. The van der Waals surface area contributed by atoms with Crippen molar-refractivity contribution in [2.24, 2.45) is 0 Å². The van der Waals surface area contributed by atoms with E-state index < -0.39 is 35.3 Å². The second kappa shape index (κ2) is 18.7. The Labute approximate surface area is 362 Å². The molecule has 8 rings (SSSR count). The van der Waals surface area contributed by atoms with Crippen molar-refractivity contribution in [1.82, 2.24) is 39.6 Å². The maximum Gasteiger partial charge on any atom is 0.416 e. The zero-order valence-electron chi connectivity index (χ0n) is 35.7. The van der Waals surface area contributed by atoms with E-state index in [0.717, 1.165) is 49.3 Å². The first-order valence-electron chi connectivity index (χ1n) is 21.8. The Balaban J connectivity index is 1.01. The third-order valence-electron chi connectivity index (χ3n) is 13.3. The fourth-order valence-electron chi connectivity index (χ4n) is 9.90. The van der Waals surface area contributed by atoms with Gasteiger partial charge in [-0.2, -0.15) is 36.5 Å². The Bertz CT molecular complexity index is 2260.